The first-order valence-electron chi connectivity index (χ1n) is 7.88. The molecule has 4 rings (SSSR count). The van der Waals surface area contributed by atoms with Crippen LogP contribution in [0.5, 0.6) is 0 Å². The molecule has 5 nitrogen and oxygen atoms in total. The minimum Gasteiger partial charge on any atom is -0.332 e. The van der Waals surface area contributed by atoms with Gasteiger partial charge in [-0.2, -0.15) is 4.31 Å². The van der Waals surface area contributed by atoms with Crippen LogP contribution in [-0.4, -0.2) is 22.3 Å². The second-order valence-electron chi connectivity index (χ2n) is 5.93. The van der Waals surface area contributed by atoms with Crippen LogP contribution in [0.3, 0.4) is 0 Å². The lowest BCUT2D eigenvalue weighted by Crippen LogP contribution is -2.41. The first-order valence-corrected chi connectivity index (χ1v) is 9.32. The molecule has 0 aliphatic carbocycles. The highest BCUT2D eigenvalue weighted by Crippen LogP contribution is 2.34. The van der Waals surface area contributed by atoms with Gasteiger partial charge in [0.2, 0.25) is 10.0 Å². The van der Waals surface area contributed by atoms with Gasteiger partial charge in [-0.3, -0.25) is 0 Å². The van der Waals surface area contributed by atoms with Gasteiger partial charge < -0.3 is 4.57 Å². The van der Waals surface area contributed by atoms with Crippen LogP contribution in [-0.2, 0) is 23.1 Å². The standard InChI is InChI=1S/C18H16FN3O2S/c19-15-6-8-16(9-7-15)25(23,24)22-13-18-20-10-11-21(18)12-17(22)14-4-2-1-3-5-14/h1-11,17H,12-13H2/t17-/m0/s1. The van der Waals surface area contributed by atoms with E-state index < -0.39 is 15.8 Å². The molecule has 1 aromatic heterocycles. The Morgan fingerprint density at radius 2 is 1.76 bits per heavy atom. The van der Waals surface area contributed by atoms with Crippen LogP contribution in [0.4, 0.5) is 4.39 Å². The summed E-state index contributed by atoms with van der Waals surface area (Å²) in [5, 5.41) is 0. The van der Waals surface area contributed by atoms with Gasteiger partial charge in [0.25, 0.3) is 0 Å². The molecule has 0 unspecified atom stereocenters. The predicted octanol–water partition coefficient (Wildman–Crippen LogP) is 2.97. The van der Waals surface area contributed by atoms with Gasteiger partial charge >= 0.3 is 0 Å². The van der Waals surface area contributed by atoms with Crippen molar-refractivity contribution in [3.05, 3.63) is 84.2 Å². The molecule has 128 valence electrons. The molecule has 2 heterocycles. The molecule has 1 aliphatic heterocycles. The largest absolute Gasteiger partial charge is 0.332 e. The molecule has 2 aromatic carbocycles. The summed E-state index contributed by atoms with van der Waals surface area (Å²) < 4.78 is 43.0. The van der Waals surface area contributed by atoms with Gasteiger partial charge in [-0.1, -0.05) is 30.3 Å². The van der Waals surface area contributed by atoms with Crippen LogP contribution in [0, 0.1) is 5.82 Å². The normalized spacial score (nSPS) is 18.0. The van der Waals surface area contributed by atoms with Crippen molar-refractivity contribution >= 4 is 10.0 Å². The highest BCUT2D eigenvalue weighted by molar-refractivity contribution is 7.89. The molecule has 0 saturated carbocycles. The Labute approximate surface area is 145 Å². The fourth-order valence-corrected chi connectivity index (χ4v) is 4.69. The average molecular weight is 357 g/mol. The number of imidazole rings is 1. The summed E-state index contributed by atoms with van der Waals surface area (Å²) in [5.74, 6) is 0.227. The number of halogens is 1. The Morgan fingerprint density at radius 1 is 1.04 bits per heavy atom. The second kappa shape index (κ2) is 6.09. The number of rotatable bonds is 3. The van der Waals surface area contributed by atoms with Crippen LogP contribution in [0.15, 0.2) is 71.9 Å². The smallest absolute Gasteiger partial charge is 0.244 e. The molecule has 0 N–H and O–H groups in total. The summed E-state index contributed by atoms with van der Waals surface area (Å²) in [7, 11) is -3.78. The van der Waals surface area contributed by atoms with Gasteiger partial charge in [-0.05, 0) is 29.8 Å². The highest BCUT2D eigenvalue weighted by Gasteiger charge is 2.37. The Balaban J connectivity index is 1.80. The van der Waals surface area contributed by atoms with Gasteiger partial charge in [0.1, 0.15) is 11.6 Å². The molecule has 0 bridgehead atoms. The van der Waals surface area contributed by atoms with Crippen molar-refractivity contribution in [1.29, 1.82) is 0 Å². The average Bonchev–Trinajstić information content (AvgIpc) is 3.09. The molecular weight excluding hydrogens is 341 g/mol. The zero-order chi connectivity index (χ0) is 17.4. The molecule has 0 radical (unpaired) electrons. The van der Waals surface area contributed by atoms with E-state index in [1.807, 2.05) is 41.1 Å². The Bertz CT molecular complexity index is 985. The van der Waals surface area contributed by atoms with Crippen molar-refractivity contribution in [1.82, 2.24) is 13.9 Å². The maximum atomic E-state index is 13.2. The van der Waals surface area contributed by atoms with E-state index in [0.29, 0.717) is 12.4 Å². The summed E-state index contributed by atoms with van der Waals surface area (Å²) in [5.41, 5.74) is 0.910. The lowest BCUT2D eigenvalue weighted by molar-refractivity contribution is 0.243. The van der Waals surface area contributed by atoms with Crippen molar-refractivity contribution in [2.75, 3.05) is 0 Å². The van der Waals surface area contributed by atoms with Gasteiger partial charge in [-0.25, -0.2) is 17.8 Å². The van der Waals surface area contributed by atoms with Crippen LogP contribution in [0.25, 0.3) is 0 Å². The SMILES string of the molecule is O=S(=O)(c1ccc(F)cc1)N1Cc2nccn2C[C@H]1c1ccccc1. The number of fused-ring (bicyclic) bond motifs is 1. The van der Waals surface area contributed by atoms with Crippen LogP contribution < -0.4 is 0 Å². The third-order valence-corrected chi connectivity index (χ3v) is 6.29. The molecule has 3 aromatic rings. The molecule has 1 atom stereocenters. The van der Waals surface area contributed by atoms with Gasteiger partial charge in [0.05, 0.1) is 17.5 Å². The van der Waals surface area contributed by atoms with Crippen LogP contribution >= 0.6 is 0 Å². The molecule has 0 spiro atoms. The molecule has 0 amide bonds. The fraction of sp³-hybridized carbons (Fsp3) is 0.167. The monoisotopic (exact) mass is 357 g/mol. The number of hydrogen-bond acceptors (Lipinski definition) is 3. The van der Waals surface area contributed by atoms with Gasteiger partial charge in [0.15, 0.2) is 0 Å². The van der Waals surface area contributed by atoms with Crippen molar-refractivity contribution in [3.8, 4) is 0 Å². The number of aromatic nitrogens is 2. The van der Waals surface area contributed by atoms with Crippen molar-refractivity contribution < 1.29 is 12.8 Å². The summed E-state index contributed by atoms with van der Waals surface area (Å²) in [6, 6.07) is 14.1. The first kappa shape index (κ1) is 16.0. The Morgan fingerprint density at radius 3 is 2.48 bits per heavy atom. The second-order valence-corrected chi connectivity index (χ2v) is 7.82. The van der Waals surface area contributed by atoms with Crippen molar-refractivity contribution in [3.63, 3.8) is 0 Å². The minimum atomic E-state index is -3.78. The van der Waals surface area contributed by atoms with E-state index in [1.165, 1.54) is 16.4 Å². The zero-order valence-electron chi connectivity index (χ0n) is 13.3. The third kappa shape index (κ3) is 2.85. The van der Waals surface area contributed by atoms with E-state index in [-0.39, 0.29) is 17.5 Å². The lowest BCUT2D eigenvalue weighted by Gasteiger charge is -2.35. The topological polar surface area (TPSA) is 55.2 Å². The minimum absolute atomic E-state index is 0.0786. The summed E-state index contributed by atoms with van der Waals surface area (Å²) in [6.45, 7) is 0.659. The number of hydrogen-bond donors (Lipinski definition) is 0. The number of sulfonamides is 1. The number of benzene rings is 2. The van der Waals surface area contributed by atoms with Crippen LogP contribution in [0.2, 0.25) is 0 Å². The molecule has 7 heteroatoms. The van der Waals surface area contributed by atoms with Gasteiger partial charge in [-0.15, -0.1) is 0 Å². The molecule has 0 fully saturated rings. The zero-order valence-corrected chi connectivity index (χ0v) is 14.1. The number of nitrogens with zero attached hydrogens (tertiary/aromatic N) is 3. The third-order valence-electron chi connectivity index (χ3n) is 4.42. The van der Waals surface area contributed by atoms with E-state index in [0.717, 1.165) is 17.7 Å². The van der Waals surface area contributed by atoms with E-state index in [1.54, 1.807) is 6.20 Å². The molecule has 0 saturated heterocycles. The first-order chi connectivity index (χ1) is 12.1. The molecule has 25 heavy (non-hydrogen) atoms. The highest BCUT2D eigenvalue weighted by atomic mass is 32.2. The lowest BCUT2D eigenvalue weighted by atomic mass is 10.1. The van der Waals surface area contributed by atoms with E-state index in [9.17, 15) is 12.8 Å². The molecule has 1 aliphatic rings. The fourth-order valence-electron chi connectivity index (χ4n) is 3.13. The van der Waals surface area contributed by atoms with Crippen molar-refractivity contribution in [2.45, 2.75) is 24.0 Å². The summed E-state index contributed by atoms with van der Waals surface area (Å²) in [6.07, 6.45) is 3.53. The maximum Gasteiger partial charge on any atom is 0.244 e. The summed E-state index contributed by atoms with van der Waals surface area (Å²) in [4.78, 5) is 4.33. The van der Waals surface area contributed by atoms with Crippen LogP contribution in [0.1, 0.15) is 17.4 Å². The summed E-state index contributed by atoms with van der Waals surface area (Å²) >= 11 is 0. The maximum absolute atomic E-state index is 13.2. The predicted molar refractivity (Wildman–Crippen MR) is 90.5 cm³/mol. The quantitative estimate of drug-likeness (QED) is 0.724. The van der Waals surface area contributed by atoms with E-state index in [4.69, 9.17) is 0 Å². The van der Waals surface area contributed by atoms with E-state index >= 15 is 0 Å². The Hall–Kier alpha value is -2.51. The molecular formula is C18H16FN3O2S. The van der Waals surface area contributed by atoms with Crippen molar-refractivity contribution in [2.24, 2.45) is 0 Å². The van der Waals surface area contributed by atoms with Gasteiger partial charge in [0, 0.05) is 18.9 Å². The van der Waals surface area contributed by atoms with E-state index in [2.05, 4.69) is 4.98 Å². The Kier molecular flexibility index (Phi) is 3.89.